The predicted octanol–water partition coefficient (Wildman–Crippen LogP) is 3.65. The van der Waals surface area contributed by atoms with Crippen molar-refractivity contribution in [3.05, 3.63) is 59.2 Å². The van der Waals surface area contributed by atoms with Crippen molar-refractivity contribution < 1.29 is 19.1 Å². The molecule has 0 fully saturated rings. The van der Waals surface area contributed by atoms with E-state index in [0.29, 0.717) is 17.1 Å². The summed E-state index contributed by atoms with van der Waals surface area (Å²) < 4.78 is 10.5. The lowest BCUT2D eigenvalue weighted by Gasteiger charge is -2.29. The van der Waals surface area contributed by atoms with Gasteiger partial charge in [0, 0.05) is 11.6 Å². The Morgan fingerprint density at radius 3 is 2.33 bits per heavy atom. The number of aryl methyl sites for hydroxylation is 1. The van der Waals surface area contributed by atoms with E-state index in [-0.39, 0.29) is 23.8 Å². The summed E-state index contributed by atoms with van der Waals surface area (Å²) in [5, 5.41) is 6.04. The highest BCUT2D eigenvalue weighted by Gasteiger charge is 2.29. The van der Waals surface area contributed by atoms with Crippen LogP contribution in [0.15, 0.2) is 42.5 Å². The highest BCUT2D eigenvalue weighted by atomic mass is 16.5. The lowest BCUT2D eigenvalue weighted by Crippen LogP contribution is -2.50. The first-order valence-electron chi connectivity index (χ1n) is 10.3. The van der Waals surface area contributed by atoms with Crippen LogP contribution in [-0.2, 0) is 11.2 Å². The van der Waals surface area contributed by atoms with Crippen molar-refractivity contribution in [1.82, 2.24) is 10.6 Å². The van der Waals surface area contributed by atoms with Crippen molar-refractivity contribution in [2.75, 3.05) is 14.2 Å². The average molecular weight is 411 g/mol. The highest BCUT2D eigenvalue weighted by Crippen LogP contribution is 2.29. The standard InChI is InChI=1S/C24H30N2O4/c1-15(2)22(26-23(27)17-12-18(29-3)14-19(13-17)30-4)24(28)25-21-11-7-9-16-8-5-6-10-20(16)21/h5-6,8,10,12-15,21-22H,7,9,11H2,1-4H3,(H,25,28)(H,26,27)/t21-,22+/m1/s1. The quantitative estimate of drug-likeness (QED) is 0.731. The van der Waals surface area contributed by atoms with Gasteiger partial charge < -0.3 is 20.1 Å². The van der Waals surface area contributed by atoms with Crippen LogP contribution in [0.25, 0.3) is 0 Å². The smallest absolute Gasteiger partial charge is 0.252 e. The minimum Gasteiger partial charge on any atom is -0.497 e. The molecule has 0 saturated carbocycles. The van der Waals surface area contributed by atoms with Crippen LogP contribution in [-0.4, -0.2) is 32.1 Å². The van der Waals surface area contributed by atoms with Gasteiger partial charge in [0.1, 0.15) is 17.5 Å². The molecule has 0 unspecified atom stereocenters. The molecule has 0 spiro atoms. The van der Waals surface area contributed by atoms with E-state index in [0.717, 1.165) is 19.3 Å². The third kappa shape index (κ3) is 4.93. The third-order valence-electron chi connectivity index (χ3n) is 5.54. The molecule has 0 aromatic heterocycles. The van der Waals surface area contributed by atoms with Gasteiger partial charge in [-0.15, -0.1) is 0 Å². The van der Waals surface area contributed by atoms with Crippen LogP contribution in [0.3, 0.4) is 0 Å². The van der Waals surface area contributed by atoms with Gasteiger partial charge in [-0.25, -0.2) is 0 Å². The van der Waals surface area contributed by atoms with Gasteiger partial charge in [0.05, 0.1) is 20.3 Å². The van der Waals surface area contributed by atoms with E-state index in [9.17, 15) is 9.59 Å². The molecule has 2 atom stereocenters. The molecule has 0 radical (unpaired) electrons. The van der Waals surface area contributed by atoms with Crippen molar-refractivity contribution in [2.45, 2.75) is 45.2 Å². The van der Waals surface area contributed by atoms with Gasteiger partial charge in [-0.1, -0.05) is 38.1 Å². The van der Waals surface area contributed by atoms with Crippen LogP contribution < -0.4 is 20.1 Å². The molecule has 160 valence electrons. The Labute approximate surface area is 178 Å². The second-order valence-electron chi connectivity index (χ2n) is 7.95. The Kier molecular flexibility index (Phi) is 6.98. The molecule has 1 aliphatic carbocycles. The Bertz CT molecular complexity index is 888. The number of methoxy groups -OCH3 is 2. The Hall–Kier alpha value is -3.02. The lowest BCUT2D eigenvalue weighted by molar-refractivity contribution is -0.124. The second kappa shape index (κ2) is 9.65. The highest BCUT2D eigenvalue weighted by molar-refractivity contribution is 5.98. The van der Waals surface area contributed by atoms with E-state index in [1.807, 2.05) is 26.0 Å². The summed E-state index contributed by atoms with van der Waals surface area (Å²) in [5.74, 6) is 0.452. The van der Waals surface area contributed by atoms with Crippen LogP contribution in [0, 0.1) is 5.92 Å². The topological polar surface area (TPSA) is 76.7 Å². The summed E-state index contributed by atoms with van der Waals surface area (Å²) in [7, 11) is 3.06. The molecule has 2 N–H and O–H groups in total. The summed E-state index contributed by atoms with van der Waals surface area (Å²) in [5.41, 5.74) is 2.83. The summed E-state index contributed by atoms with van der Waals surface area (Å²) in [4.78, 5) is 26.0. The van der Waals surface area contributed by atoms with Gasteiger partial charge in [-0.2, -0.15) is 0 Å². The first-order chi connectivity index (χ1) is 14.4. The Morgan fingerprint density at radius 1 is 1.03 bits per heavy atom. The van der Waals surface area contributed by atoms with Crippen LogP contribution >= 0.6 is 0 Å². The maximum Gasteiger partial charge on any atom is 0.252 e. The summed E-state index contributed by atoms with van der Waals surface area (Å²) in [6.07, 6.45) is 2.96. The number of hydrogen-bond acceptors (Lipinski definition) is 4. The fourth-order valence-corrected chi connectivity index (χ4v) is 3.86. The third-order valence-corrected chi connectivity index (χ3v) is 5.54. The van der Waals surface area contributed by atoms with Crippen LogP contribution in [0.2, 0.25) is 0 Å². The van der Waals surface area contributed by atoms with Crippen molar-refractivity contribution in [1.29, 1.82) is 0 Å². The van der Waals surface area contributed by atoms with Crippen molar-refractivity contribution in [2.24, 2.45) is 5.92 Å². The zero-order chi connectivity index (χ0) is 21.7. The first kappa shape index (κ1) is 21.7. The minimum atomic E-state index is -0.649. The second-order valence-corrected chi connectivity index (χ2v) is 7.95. The van der Waals surface area contributed by atoms with E-state index < -0.39 is 6.04 Å². The molecule has 0 aliphatic heterocycles. The lowest BCUT2D eigenvalue weighted by atomic mass is 9.87. The van der Waals surface area contributed by atoms with Crippen molar-refractivity contribution in [3.63, 3.8) is 0 Å². The number of rotatable bonds is 7. The molecule has 6 nitrogen and oxygen atoms in total. The van der Waals surface area contributed by atoms with E-state index in [1.54, 1.807) is 18.2 Å². The zero-order valence-electron chi connectivity index (χ0n) is 18.0. The van der Waals surface area contributed by atoms with Crippen LogP contribution in [0.5, 0.6) is 11.5 Å². The summed E-state index contributed by atoms with van der Waals surface area (Å²) in [6.45, 7) is 3.84. The van der Waals surface area contributed by atoms with Gasteiger partial charge in [0.2, 0.25) is 5.91 Å². The SMILES string of the molecule is COc1cc(OC)cc(C(=O)N[C@H](C(=O)N[C@@H]2CCCc3ccccc32)C(C)C)c1. The average Bonchev–Trinajstić information content (AvgIpc) is 2.76. The number of ether oxygens (including phenoxy) is 2. The van der Waals surface area contributed by atoms with Gasteiger partial charge in [-0.05, 0) is 48.4 Å². The van der Waals surface area contributed by atoms with Crippen molar-refractivity contribution >= 4 is 11.8 Å². The number of amides is 2. The van der Waals surface area contributed by atoms with Crippen LogP contribution in [0.4, 0.5) is 0 Å². The largest absolute Gasteiger partial charge is 0.497 e. The normalized spacial score (nSPS) is 16.4. The first-order valence-corrected chi connectivity index (χ1v) is 10.3. The van der Waals surface area contributed by atoms with Gasteiger partial charge in [-0.3, -0.25) is 9.59 Å². The number of benzene rings is 2. The maximum absolute atomic E-state index is 13.1. The molecule has 2 aromatic carbocycles. The van der Waals surface area contributed by atoms with Gasteiger partial charge in [0.25, 0.3) is 5.91 Å². The molecule has 0 saturated heterocycles. The van der Waals surface area contributed by atoms with E-state index >= 15 is 0 Å². The summed E-state index contributed by atoms with van der Waals surface area (Å²) in [6, 6.07) is 12.5. The zero-order valence-corrected chi connectivity index (χ0v) is 18.0. The molecule has 0 heterocycles. The maximum atomic E-state index is 13.1. The molecular weight excluding hydrogens is 380 g/mol. The molecule has 2 aromatic rings. The van der Waals surface area contributed by atoms with E-state index in [4.69, 9.17) is 9.47 Å². The molecule has 3 rings (SSSR count). The predicted molar refractivity (Wildman–Crippen MR) is 116 cm³/mol. The van der Waals surface area contributed by atoms with Gasteiger partial charge >= 0.3 is 0 Å². The Balaban J connectivity index is 1.75. The number of fused-ring (bicyclic) bond motifs is 1. The Morgan fingerprint density at radius 2 is 1.70 bits per heavy atom. The fraction of sp³-hybridized carbons (Fsp3) is 0.417. The number of nitrogens with one attached hydrogen (secondary N) is 2. The number of carbonyl (C=O) groups is 2. The molecule has 2 amide bonds. The summed E-state index contributed by atoms with van der Waals surface area (Å²) >= 11 is 0. The molecule has 6 heteroatoms. The van der Waals surface area contributed by atoms with E-state index in [2.05, 4.69) is 22.8 Å². The fourth-order valence-electron chi connectivity index (χ4n) is 3.86. The number of carbonyl (C=O) groups excluding carboxylic acids is 2. The monoisotopic (exact) mass is 410 g/mol. The van der Waals surface area contributed by atoms with Crippen LogP contribution in [0.1, 0.15) is 54.2 Å². The molecule has 0 bridgehead atoms. The molecular formula is C24H30N2O4. The molecule has 30 heavy (non-hydrogen) atoms. The number of hydrogen-bond donors (Lipinski definition) is 2. The van der Waals surface area contributed by atoms with Crippen molar-refractivity contribution in [3.8, 4) is 11.5 Å². The van der Waals surface area contributed by atoms with E-state index in [1.165, 1.54) is 25.3 Å². The van der Waals surface area contributed by atoms with Gasteiger partial charge in [0.15, 0.2) is 0 Å². The minimum absolute atomic E-state index is 0.0301. The molecule has 1 aliphatic rings.